The topological polar surface area (TPSA) is 175 Å². The zero-order chi connectivity index (χ0) is 47.8. The van der Waals surface area contributed by atoms with Crippen molar-refractivity contribution in [1.29, 1.82) is 0 Å². The third-order valence-corrected chi connectivity index (χ3v) is 13.8. The number of ether oxygens (including phenoxy) is 1. The molecule has 2 fully saturated rings. The lowest BCUT2D eigenvalue weighted by Crippen LogP contribution is -2.51. The van der Waals surface area contributed by atoms with Gasteiger partial charge in [-0.2, -0.15) is 13.2 Å². The summed E-state index contributed by atoms with van der Waals surface area (Å²) in [4.78, 5) is 57.7. The van der Waals surface area contributed by atoms with Gasteiger partial charge in [0.2, 0.25) is 11.8 Å². The Morgan fingerprint density at radius 3 is 1.67 bits per heavy atom. The van der Waals surface area contributed by atoms with Crippen molar-refractivity contribution in [2.45, 2.75) is 81.9 Å². The van der Waals surface area contributed by atoms with Crippen molar-refractivity contribution in [3.05, 3.63) is 115 Å². The number of nitrogens with one attached hydrogen (secondary N) is 3. The Kier molecular flexibility index (Phi) is 13.2. The van der Waals surface area contributed by atoms with Crippen molar-refractivity contribution < 1.29 is 40.7 Å². The molecule has 5 heterocycles. The molecule has 1 radical (unpaired) electrons. The number of aromatic nitrogens is 5. The van der Waals surface area contributed by atoms with Crippen LogP contribution in [-0.2, 0) is 24.2 Å². The van der Waals surface area contributed by atoms with Crippen LogP contribution in [0.15, 0.2) is 102 Å². The normalized spacial score (nSPS) is 17.1. The maximum absolute atomic E-state index is 13.7. The van der Waals surface area contributed by atoms with E-state index in [1.807, 2.05) is 104 Å². The molecule has 67 heavy (non-hydrogen) atoms. The maximum atomic E-state index is 13.7. The van der Waals surface area contributed by atoms with Crippen molar-refractivity contribution in [3.8, 4) is 50.7 Å². The van der Waals surface area contributed by atoms with Crippen LogP contribution in [-0.4, -0.2) is 92.4 Å². The van der Waals surface area contributed by atoms with Crippen molar-refractivity contribution >= 4 is 27.7 Å². The molecule has 2 aliphatic rings. The number of hydrogen-bond acceptors (Lipinski definition) is 8. The fraction of sp³-hybridized carbons (Fsp3) is 0.347. The highest BCUT2D eigenvalue weighted by molar-refractivity contribution is 7.92. The maximum Gasteiger partial charge on any atom is 0.501 e. The van der Waals surface area contributed by atoms with Gasteiger partial charge in [-0.25, -0.2) is 23.2 Å². The number of likely N-dealkylation sites (tertiary alicyclic amines) is 2. The molecule has 0 spiro atoms. The number of aromatic amines is 2. The van der Waals surface area contributed by atoms with Crippen molar-refractivity contribution in [2.24, 2.45) is 11.8 Å². The summed E-state index contributed by atoms with van der Waals surface area (Å²) >= 11 is 0. The van der Waals surface area contributed by atoms with E-state index in [9.17, 15) is 36.0 Å². The predicted molar refractivity (Wildman–Crippen MR) is 246 cm³/mol. The number of hydrogen-bond donors (Lipinski definition) is 3. The summed E-state index contributed by atoms with van der Waals surface area (Å²) in [5.41, 5.74) is 0.846. The molecule has 8 rings (SSSR count). The number of methoxy groups -OCH3 is 1. The average Bonchev–Trinajstić information content (AvgIpc) is 4.17. The predicted octanol–water partition coefficient (Wildman–Crippen LogP) is 9.45. The number of carbonyl (C=O) groups excluding carboxylic acids is 3. The zero-order valence-corrected chi connectivity index (χ0v) is 38.5. The molecule has 18 heteroatoms. The second-order valence-electron chi connectivity index (χ2n) is 17.5. The molecule has 3 amide bonds. The fourth-order valence-corrected chi connectivity index (χ4v) is 9.66. The van der Waals surface area contributed by atoms with Crippen LogP contribution in [0.2, 0.25) is 0 Å². The molecule has 2 aliphatic heterocycles. The first kappa shape index (κ1) is 46.8. The number of alkyl carbamates (subject to hydrolysis) is 1. The van der Waals surface area contributed by atoms with Crippen LogP contribution in [0.3, 0.4) is 0 Å². The standard InChI is InChI=1S/C49H52F3N8O6S/c1-29(2)26-43(61)58-24-6-8-41(58)45-53-27-37(55-45)31-10-14-33(15-11-31)39-22-23-40(60(39)35-18-20-36(21-19-35)67(64,65)49(50,51)52)34-16-12-32(13-17-34)38-28-54-46(56-38)42-9-7-25-59(42)47(62)44(30(3)4)57-48(63)66-5/h10-23,26-30,41-42,44H,6-9,24-25H2,1-5H3,(H,53,55)(H,54,56)(H,57,63)/t41-,42-,44-/m0/s1. The molecule has 0 saturated carbocycles. The number of alkyl halides is 3. The van der Waals surface area contributed by atoms with Crippen LogP contribution in [0.25, 0.3) is 50.7 Å². The minimum atomic E-state index is -5.58. The van der Waals surface area contributed by atoms with Gasteiger partial charge in [0, 0.05) is 42.3 Å². The van der Waals surface area contributed by atoms with Crippen LogP contribution >= 0.6 is 0 Å². The van der Waals surface area contributed by atoms with E-state index < -0.39 is 32.4 Å². The number of benzene rings is 3. The number of imidazole rings is 2. The molecular weight excluding hydrogens is 886 g/mol. The summed E-state index contributed by atoms with van der Waals surface area (Å²) in [5, 5.41) is 2.66. The van der Waals surface area contributed by atoms with Crippen molar-refractivity contribution in [2.75, 3.05) is 20.2 Å². The Bertz CT molecular complexity index is 2850. The van der Waals surface area contributed by atoms with Gasteiger partial charge in [0.1, 0.15) is 17.7 Å². The summed E-state index contributed by atoms with van der Waals surface area (Å²) in [5.74, 6) is 1.07. The molecule has 351 valence electrons. The second-order valence-corrected chi connectivity index (χ2v) is 19.5. The Hall–Kier alpha value is -6.69. The molecule has 0 unspecified atom stereocenters. The number of rotatable bonds is 13. The van der Waals surface area contributed by atoms with Gasteiger partial charge in [0.05, 0.1) is 53.3 Å². The van der Waals surface area contributed by atoms with E-state index in [-0.39, 0.29) is 35.7 Å². The number of sulfone groups is 1. The molecular formula is C49H52F3N8O6S. The lowest BCUT2D eigenvalue weighted by atomic mass is 10.0. The van der Waals surface area contributed by atoms with E-state index >= 15 is 0 Å². The third kappa shape index (κ3) is 9.48. The summed E-state index contributed by atoms with van der Waals surface area (Å²) in [6.07, 6.45) is 7.79. The van der Waals surface area contributed by atoms with Gasteiger partial charge in [0.15, 0.2) is 0 Å². The molecule has 3 atom stereocenters. The van der Waals surface area contributed by atoms with Gasteiger partial charge in [-0.3, -0.25) is 9.59 Å². The van der Waals surface area contributed by atoms with Crippen LogP contribution in [0.1, 0.15) is 77.1 Å². The minimum absolute atomic E-state index is 0.00273. The number of carbonyl (C=O) groups is 3. The smallest absolute Gasteiger partial charge is 0.453 e. The highest BCUT2D eigenvalue weighted by Crippen LogP contribution is 2.38. The monoisotopic (exact) mass is 937 g/mol. The highest BCUT2D eigenvalue weighted by atomic mass is 32.2. The molecule has 3 aromatic heterocycles. The van der Waals surface area contributed by atoms with Crippen molar-refractivity contribution in [3.63, 3.8) is 0 Å². The number of amides is 3. The first-order valence-corrected chi connectivity index (χ1v) is 23.7. The van der Waals surface area contributed by atoms with Gasteiger partial charge < -0.3 is 34.4 Å². The average molecular weight is 938 g/mol. The SMILES string of the molecule is COC(=O)N[C@H](C(=O)N1CCC[C@H]1c1nc(-c2ccc(-c3ccc(-c4ccc(-c5c[nH]c([C@@H]6CCCN6C(=O)[CH]C(C)C)n5)cc4)n3-c3ccc(S(=O)(=O)C(F)(F)F)cc3)cc2)c[nH]1)C(C)C. The Labute approximate surface area is 386 Å². The quantitative estimate of drug-likeness (QED) is 0.103. The summed E-state index contributed by atoms with van der Waals surface area (Å²) in [6, 6.07) is 22.4. The van der Waals surface area contributed by atoms with E-state index in [0.717, 1.165) is 53.6 Å². The fourth-order valence-electron chi connectivity index (χ4n) is 8.90. The highest BCUT2D eigenvalue weighted by Gasteiger charge is 2.47. The first-order chi connectivity index (χ1) is 31.9. The number of H-pyrrole nitrogens is 2. The molecule has 2 saturated heterocycles. The van der Waals surface area contributed by atoms with E-state index in [4.69, 9.17) is 14.7 Å². The molecule has 3 aromatic carbocycles. The number of halogens is 3. The largest absolute Gasteiger partial charge is 0.501 e. The summed E-state index contributed by atoms with van der Waals surface area (Å²) in [7, 11) is -4.32. The van der Waals surface area contributed by atoms with Crippen molar-refractivity contribution in [1.82, 2.24) is 39.6 Å². The van der Waals surface area contributed by atoms with Gasteiger partial charge in [-0.15, -0.1) is 0 Å². The third-order valence-electron chi connectivity index (χ3n) is 12.3. The summed E-state index contributed by atoms with van der Waals surface area (Å²) in [6.45, 7) is 8.84. The lowest BCUT2D eigenvalue weighted by Gasteiger charge is -2.29. The summed E-state index contributed by atoms with van der Waals surface area (Å²) < 4.78 is 71.8. The first-order valence-electron chi connectivity index (χ1n) is 22.2. The molecule has 0 bridgehead atoms. The van der Waals surface area contributed by atoms with Crippen LogP contribution in [0, 0.1) is 18.3 Å². The van der Waals surface area contributed by atoms with E-state index in [1.165, 1.54) is 19.2 Å². The van der Waals surface area contributed by atoms with Gasteiger partial charge in [0.25, 0.3) is 9.84 Å². The number of nitrogens with zero attached hydrogens (tertiary/aromatic N) is 5. The van der Waals surface area contributed by atoms with Gasteiger partial charge >= 0.3 is 11.6 Å². The second kappa shape index (κ2) is 18.9. The molecule has 14 nitrogen and oxygen atoms in total. The van der Waals surface area contributed by atoms with E-state index in [1.54, 1.807) is 17.5 Å². The van der Waals surface area contributed by atoms with Gasteiger partial charge in [-0.05, 0) is 85.0 Å². The molecule has 6 aromatic rings. The lowest BCUT2D eigenvalue weighted by molar-refractivity contribution is -0.135. The molecule has 3 N–H and O–H groups in total. The van der Waals surface area contributed by atoms with Crippen LogP contribution in [0.5, 0.6) is 0 Å². The Balaban J connectivity index is 1.08. The van der Waals surface area contributed by atoms with Crippen LogP contribution < -0.4 is 5.32 Å². The van der Waals surface area contributed by atoms with E-state index in [0.29, 0.717) is 59.6 Å². The Morgan fingerprint density at radius 2 is 1.21 bits per heavy atom. The molecule has 0 aliphatic carbocycles. The van der Waals surface area contributed by atoms with Crippen LogP contribution in [0.4, 0.5) is 18.0 Å². The van der Waals surface area contributed by atoms with E-state index in [2.05, 4.69) is 15.3 Å². The minimum Gasteiger partial charge on any atom is -0.453 e. The van der Waals surface area contributed by atoms with Gasteiger partial charge in [-0.1, -0.05) is 76.2 Å². The Morgan fingerprint density at radius 1 is 0.731 bits per heavy atom. The zero-order valence-electron chi connectivity index (χ0n) is 37.7.